The second kappa shape index (κ2) is 4.94. The third-order valence-corrected chi connectivity index (χ3v) is 3.80. The Morgan fingerprint density at radius 3 is 2.53 bits per heavy atom. The predicted molar refractivity (Wildman–Crippen MR) is 70.4 cm³/mol. The van der Waals surface area contributed by atoms with Gasteiger partial charge in [-0.1, -0.05) is 22.9 Å². The van der Waals surface area contributed by atoms with Gasteiger partial charge >= 0.3 is 0 Å². The summed E-state index contributed by atoms with van der Waals surface area (Å²) in [6.07, 6.45) is 0. The van der Waals surface area contributed by atoms with Crippen LogP contribution < -0.4 is 9.47 Å². The zero-order valence-corrected chi connectivity index (χ0v) is 11.4. The first-order chi connectivity index (χ1) is 8.15. The fourth-order valence-corrected chi connectivity index (χ4v) is 2.63. The number of benzene rings is 1. The number of aromatic nitrogens is 1. The van der Waals surface area contributed by atoms with Crippen LogP contribution in [0.4, 0.5) is 0 Å². The van der Waals surface area contributed by atoms with E-state index in [4.69, 9.17) is 21.1 Å². The molecule has 3 nitrogen and oxygen atoms in total. The van der Waals surface area contributed by atoms with Crippen molar-refractivity contribution >= 4 is 22.9 Å². The molecule has 0 bridgehead atoms. The quantitative estimate of drug-likeness (QED) is 0.850. The Labute approximate surface area is 109 Å². The van der Waals surface area contributed by atoms with Crippen molar-refractivity contribution in [3.63, 3.8) is 0 Å². The minimum atomic E-state index is 0.580. The van der Waals surface area contributed by atoms with Gasteiger partial charge < -0.3 is 9.47 Å². The number of hydrogen-bond donors (Lipinski definition) is 0. The molecule has 0 atom stereocenters. The van der Waals surface area contributed by atoms with E-state index in [1.165, 1.54) is 11.3 Å². The van der Waals surface area contributed by atoms with Gasteiger partial charge in [-0.05, 0) is 25.1 Å². The van der Waals surface area contributed by atoms with E-state index in [0.717, 1.165) is 21.3 Å². The SMILES string of the molecule is COc1ccc(-c2nc(C)c(OC)s2)cc1Cl. The molecule has 0 N–H and O–H groups in total. The summed E-state index contributed by atoms with van der Waals surface area (Å²) in [4.78, 5) is 4.44. The molecular formula is C12H12ClNO2S. The maximum absolute atomic E-state index is 6.08. The molecule has 0 aliphatic carbocycles. The molecule has 2 aromatic rings. The number of halogens is 1. The molecule has 1 aromatic heterocycles. The van der Waals surface area contributed by atoms with Crippen LogP contribution in [0.25, 0.3) is 10.6 Å². The van der Waals surface area contributed by atoms with Crippen molar-refractivity contribution in [2.45, 2.75) is 6.92 Å². The van der Waals surface area contributed by atoms with Gasteiger partial charge in [-0.25, -0.2) is 4.98 Å². The molecule has 1 heterocycles. The van der Waals surface area contributed by atoms with Crippen LogP contribution >= 0.6 is 22.9 Å². The smallest absolute Gasteiger partial charge is 0.197 e. The first-order valence-electron chi connectivity index (χ1n) is 5.01. The number of rotatable bonds is 3. The lowest BCUT2D eigenvalue weighted by Gasteiger charge is -2.03. The molecule has 0 aliphatic heterocycles. The highest BCUT2D eigenvalue weighted by atomic mass is 35.5. The average Bonchev–Trinajstić information content (AvgIpc) is 2.70. The lowest BCUT2D eigenvalue weighted by atomic mass is 10.2. The molecule has 0 radical (unpaired) electrons. The first-order valence-corrected chi connectivity index (χ1v) is 6.20. The maximum atomic E-state index is 6.08. The van der Waals surface area contributed by atoms with E-state index in [1.807, 2.05) is 25.1 Å². The number of methoxy groups -OCH3 is 2. The summed E-state index contributed by atoms with van der Waals surface area (Å²) in [7, 11) is 3.24. The van der Waals surface area contributed by atoms with Crippen LogP contribution in [0.1, 0.15) is 5.69 Å². The molecule has 0 saturated carbocycles. The highest BCUT2D eigenvalue weighted by molar-refractivity contribution is 7.17. The Morgan fingerprint density at radius 2 is 2.00 bits per heavy atom. The molecule has 0 saturated heterocycles. The number of ether oxygens (including phenoxy) is 2. The fraction of sp³-hybridized carbons (Fsp3) is 0.250. The molecule has 5 heteroatoms. The molecule has 0 spiro atoms. The van der Waals surface area contributed by atoms with Gasteiger partial charge in [0, 0.05) is 5.56 Å². The Hall–Kier alpha value is -1.26. The van der Waals surface area contributed by atoms with Gasteiger partial charge in [0.1, 0.15) is 10.8 Å². The minimum Gasteiger partial charge on any atom is -0.495 e. The summed E-state index contributed by atoms with van der Waals surface area (Å²) in [5, 5.41) is 2.30. The number of thiazole rings is 1. The van der Waals surface area contributed by atoms with Gasteiger partial charge in [-0.15, -0.1) is 0 Å². The highest BCUT2D eigenvalue weighted by Gasteiger charge is 2.11. The van der Waals surface area contributed by atoms with Gasteiger partial charge in [0.2, 0.25) is 0 Å². The number of hydrogen-bond acceptors (Lipinski definition) is 4. The average molecular weight is 270 g/mol. The van der Waals surface area contributed by atoms with E-state index in [0.29, 0.717) is 10.8 Å². The van der Waals surface area contributed by atoms with E-state index in [9.17, 15) is 0 Å². The molecule has 0 amide bonds. The van der Waals surface area contributed by atoms with Crippen molar-refractivity contribution in [3.8, 4) is 21.4 Å². The van der Waals surface area contributed by atoms with Crippen molar-refractivity contribution in [3.05, 3.63) is 28.9 Å². The maximum Gasteiger partial charge on any atom is 0.197 e. The Bertz CT molecular complexity index is 539. The summed E-state index contributed by atoms with van der Waals surface area (Å²) in [5.74, 6) is 0.663. The standard InChI is InChI=1S/C12H12ClNO2S/c1-7-12(16-3)17-11(14-7)8-4-5-10(15-2)9(13)6-8/h4-6H,1-3H3. The van der Waals surface area contributed by atoms with E-state index >= 15 is 0 Å². The van der Waals surface area contributed by atoms with Crippen LogP contribution in [0.3, 0.4) is 0 Å². The van der Waals surface area contributed by atoms with Crippen LogP contribution in [0, 0.1) is 6.92 Å². The largest absolute Gasteiger partial charge is 0.495 e. The van der Waals surface area contributed by atoms with Crippen molar-refractivity contribution in [1.29, 1.82) is 0 Å². The topological polar surface area (TPSA) is 31.4 Å². The molecule has 0 aliphatic rings. The highest BCUT2D eigenvalue weighted by Crippen LogP contribution is 2.36. The normalized spacial score (nSPS) is 10.4. The Morgan fingerprint density at radius 1 is 1.24 bits per heavy atom. The van der Waals surface area contributed by atoms with Crippen molar-refractivity contribution in [2.75, 3.05) is 14.2 Å². The second-order valence-corrected chi connectivity index (χ2v) is 4.81. The van der Waals surface area contributed by atoms with Gasteiger partial charge in [-0.2, -0.15) is 0 Å². The van der Waals surface area contributed by atoms with Crippen LogP contribution in [-0.2, 0) is 0 Å². The summed E-state index contributed by atoms with van der Waals surface area (Å²) in [5.41, 5.74) is 1.85. The number of aryl methyl sites for hydroxylation is 1. The van der Waals surface area contributed by atoms with Gasteiger partial charge in [0.05, 0.1) is 24.9 Å². The molecular weight excluding hydrogens is 258 g/mol. The molecule has 0 unspecified atom stereocenters. The molecule has 2 rings (SSSR count). The molecule has 17 heavy (non-hydrogen) atoms. The third-order valence-electron chi connectivity index (χ3n) is 2.34. The number of nitrogens with zero attached hydrogens (tertiary/aromatic N) is 1. The Balaban J connectivity index is 2.42. The summed E-state index contributed by atoms with van der Waals surface area (Å²) >= 11 is 7.58. The van der Waals surface area contributed by atoms with E-state index in [2.05, 4.69) is 4.98 Å². The van der Waals surface area contributed by atoms with Gasteiger partial charge in [0.25, 0.3) is 0 Å². The minimum absolute atomic E-state index is 0.580. The van der Waals surface area contributed by atoms with Gasteiger partial charge in [0.15, 0.2) is 5.06 Å². The Kier molecular flexibility index (Phi) is 3.54. The summed E-state index contributed by atoms with van der Waals surface area (Å²) in [6.45, 7) is 1.92. The lowest BCUT2D eigenvalue weighted by Crippen LogP contribution is -1.84. The lowest BCUT2D eigenvalue weighted by molar-refractivity contribution is 0.415. The molecule has 90 valence electrons. The van der Waals surface area contributed by atoms with E-state index in [1.54, 1.807) is 14.2 Å². The van der Waals surface area contributed by atoms with Crippen molar-refractivity contribution in [1.82, 2.24) is 4.98 Å². The van der Waals surface area contributed by atoms with E-state index in [-0.39, 0.29) is 0 Å². The first kappa shape index (κ1) is 12.2. The van der Waals surface area contributed by atoms with Gasteiger partial charge in [-0.3, -0.25) is 0 Å². The van der Waals surface area contributed by atoms with Crippen LogP contribution in [0.2, 0.25) is 5.02 Å². The van der Waals surface area contributed by atoms with Crippen LogP contribution in [-0.4, -0.2) is 19.2 Å². The summed E-state index contributed by atoms with van der Waals surface area (Å²) in [6, 6.07) is 5.61. The summed E-state index contributed by atoms with van der Waals surface area (Å²) < 4.78 is 10.3. The monoisotopic (exact) mass is 269 g/mol. The second-order valence-electron chi connectivity index (χ2n) is 3.45. The van der Waals surface area contributed by atoms with Crippen molar-refractivity contribution < 1.29 is 9.47 Å². The van der Waals surface area contributed by atoms with Crippen molar-refractivity contribution in [2.24, 2.45) is 0 Å². The third kappa shape index (κ3) is 2.37. The van der Waals surface area contributed by atoms with Crippen LogP contribution in [0.15, 0.2) is 18.2 Å². The van der Waals surface area contributed by atoms with E-state index < -0.39 is 0 Å². The fourth-order valence-electron chi connectivity index (χ4n) is 1.49. The molecule has 0 fully saturated rings. The predicted octanol–water partition coefficient (Wildman–Crippen LogP) is 3.79. The zero-order valence-electron chi connectivity index (χ0n) is 9.78. The zero-order chi connectivity index (χ0) is 12.4. The molecule has 1 aromatic carbocycles. The van der Waals surface area contributed by atoms with Crippen LogP contribution in [0.5, 0.6) is 10.8 Å².